The lowest BCUT2D eigenvalue weighted by Gasteiger charge is -2.36. The molecule has 0 aliphatic carbocycles. The number of rotatable bonds is 9. The number of benzene rings is 1. The predicted octanol–water partition coefficient (Wildman–Crippen LogP) is 2.19. The fraction of sp³-hybridized carbons (Fsp3) is 0.625. The zero-order valence-electron chi connectivity index (χ0n) is 13.1. The zero-order valence-corrected chi connectivity index (χ0v) is 13.1. The van der Waals surface area contributed by atoms with Crippen LogP contribution in [-0.2, 0) is 16.1 Å². The Kier molecular flexibility index (Phi) is 7.77. The van der Waals surface area contributed by atoms with Crippen LogP contribution in [0.1, 0.15) is 31.0 Å². The van der Waals surface area contributed by atoms with Crippen molar-refractivity contribution in [2.75, 3.05) is 33.9 Å². The molecule has 0 amide bonds. The maximum Gasteiger partial charge on any atom is 0.0716 e. The molecular weight excluding hydrogens is 252 g/mol. The molecule has 0 radical (unpaired) electrons. The predicted molar refractivity (Wildman–Crippen MR) is 82.7 cm³/mol. The third kappa shape index (κ3) is 4.28. The molecule has 0 aliphatic rings. The minimum Gasteiger partial charge on any atom is -0.383 e. The van der Waals surface area contributed by atoms with Crippen LogP contribution in [0, 0.1) is 0 Å². The lowest BCUT2D eigenvalue weighted by molar-refractivity contribution is 0.0741. The standard InChI is InChI=1S/C16H28N2O2/c1-5-18(13(2)11-19-3)16(10-17)15-9-7-6-8-14(15)12-20-4/h6-9,13,16H,5,10-12,17H2,1-4H3. The first-order valence-corrected chi connectivity index (χ1v) is 7.21. The van der Waals surface area contributed by atoms with Crippen molar-refractivity contribution in [3.8, 4) is 0 Å². The Balaban J connectivity index is 3.04. The van der Waals surface area contributed by atoms with Crippen LogP contribution in [0.15, 0.2) is 24.3 Å². The summed E-state index contributed by atoms with van der Waals surface area (Å²) in [5.74, 6) is 0. The average molecular weight is 280 g/mol. The van der Waals surface area contributed by atoms with Crippen molar-refractivity contribution < 1.29 is 9.47 Å². The van der Waals surface area contributed by atoms with Crippen LogP contribution in [0.25, 0.3) is 0 Å². The van der Waals surface area contributed by atoms with Crippen LogP contribution in [0.5, 0.6) is 0 Å². The molecule has 1 aromatic carbocycles. The smallest absolute Gasteiger partial charge is 0.0716 e. The average Bonchev–Trinajstić information content (AvgIpc) is 2.46. The molecule has 2 N–H and O–H groups in total. The highest BCUT2D eigenvalue weighted by molar-refractivity contribution is 5.30. The summed E-state index contributed by atoms with van der Waals surface area (Å²) in [5, 5.41) is 0. The number of hydrogen-bond donors (Lipinski definition) is 1. The van der Waals surface area contributed by atoms with E-state index in [0.717, 1.165) is 6.54 Å². The molecule has 0 aliphatic heterocycles. The van der Waals surface area contributed by atoms with Gasteiger partial charge in [-0.2, -0.15) is 0 Å². The molecule has 0 spiro atoms. The van der Waals surface area contributed by atoms with Gasteiger partial charge in [0.1, 0.15) is 0 Å². The van der Waals surface area contributed by atoms with Gasteiger partial charge in [0.2, 0.25) is 0 Å². The Labute approximate surface area is 122 Å². The summed E-state index contributed by atoms with van der Waals surface area (Å²) in [6.07, 6.45) is 0. The van der Waals surface area contributed by atoms with Gasteiger partial charge in [0.05, 0.1) is 13.2 Å². The summed E-state index contributed by atoms with van der Waals surface area (Å²) in [6.45, 7) is 7.18. The van der Waals surface area contributed by atoms with Gasteiger partial charge in [0.25, 0.3) is 0 Å². The fourth-order valence-electron chi connectivity index (χ4n) is 2.76. The van der Waals surface area contributed by atoms with Crippen molar-refractivity contribution in [3.63, 3.8) is 0 Å². The van der Waals surface area contributed by atoms with Gasteiger partial charge in [-0.25, -0.2) is 0 Å². The summed E-state index contributed by atoms with van der Waals surface area (Å²) in [4.78, 5) is 2.39. The number of ether oxygens (including phenoxy) is 2. The lowest BCUT2D eigenvalue weighted by Crippen LogP contribution is -2.42. The van der Waals surface area contributed by atoms with E-state index in [1.807, 2.05) is 6.07 Å². The lowest BCUT2D eigenvalue weighted by atomic mass is 9.98. The van der Waals surface area contributed by atoms with E-state index < -0.39 is 0 Å². The van der Waals surface area contributed by atoms with Gasteiger partial charge in [-0.1, -0.05) is 31.2 Å². The molecule has 1 rings (SSSR count). The van der Waals surface area contributed by atoms with Crippen molar-refractivity contribution >= 4 is 0 Å². The number of likely N-dealkylation sites (N-methyl/N-ethyl adjacent to an activating group) is 1. The normalized spacial score (nSPS) is 14.5. The first-order valence-electron chi connectivity index (χ1n) is 7.21. The molecule has 0 fully saturated rings. The van der Waals surface area contributed by atoms with Crippen molar-refractivity contribution in [1.82, 2.24) is 4.90 Å². The summed E-state index contributed by atoms with van der Waals surface area (Å²) in [6, 6.07) is 8.88. The second kappa shape index (κ2) is 9.08. The molecule has 114 valence electrons. The van der Waals surface area contributed by atoms with Gasteiger partial charge in [0.15, 0.2) is 0 Å². The Morgan fingerprint density at radius 1 is 1.20 bits per heavy atom. The van der Waals surface area contributed by atoms with E-state index in [1.54, 1.807) is 14.2 Å². The molecular formula is C16H28N2O2. The van der Waals surface area contributed by atoms with E-state index in [1.165, 1.54) is 11.1 Å². The first-order chi connectivity index (χ1) is 9.69. The highest BCUT2D eigenvalue weighted by Crippen LogP contribution is 2.25. The highest BCUT2D eigenvalue weighted by Gasteiger charge is 2.24. The van der Waals surface area contributed by atoms with Gasteiger partial charge in [-0.15, -0.1) is 0 Å². The zero-order chi connectivity index (χ0) is 15.0. The number of nitrogens with zero attached hydrogens (tertiary/aromatic N) is 1. The topological polar surface area (TPSA) is 47.7 Å². The molecule has 2 unspecified atom stereocenters. The molecule has 2 atom stereocenters. The Morgan fingerprint density at radius 3 is 2.45 bits per heavy atom. The van der Waals surface area contributed by atoms with Gasteiger partial charge >= 0.3 is 0 Å². The van der Waals surface area contributed by atoms with E-state index in [0.29, 0.717) is 25.8 Å². The van der Waals surface area contributed by atoms with Crippen LogP contribution in [0.4, 0.5) is 0 Å². The van der Waals surface area contributed by atoms with E-state index in [9.17, 15) is 0 Å². The minimum absolute atomic E-state index is 0.191. The van der Waals surface area contributed by atoms with Crippen LogP contribution in [0.2, 0.25) is 0 Å². The van der Waals surface area contributed by atoms with E-state index >= 15 is 0 Å². The molecule has 0 saturated carbocycles. The quantitative estimate of drug-likeness (QED) is 0.753. The minimum atomic E-state index is 0.191. The molecule has 1 aromatic rings. The molecule has 0 heterocycles. The van der Waals surface area contributed by atoms with Crippen molar-refractivity contribution in [1.29, 1.82) is 0 Å². The molecule has 4 heteroatoms. The Bertz CT molecular complexity index is 384. The third-order valence-corrected chi connectivity index (χ3v) is 3.68. The SMILES string of the molecule is CCN(C(C)COC)C(CN)c1ccccc1COC. The second-order valence-corrected chi connectivity index (χ2v) is 5.02. The summed E-state index contributed by atoms with van der Waals surface area (Å²) in [7, 11) is 3.46. The van der Waals surface area contributed by atoms with Gasteiger partial charge in [-0.05, 0) is 24.6 Å². The van der Waals surface area contributed by atoms with Gasteiger partial charge in [0, 0.05) is 32.8 Å². The van der Waals surface area contributed by atoms with Crippen molar-refractivity contribution in [2.24, 2.45) is 5.73 Å². The molecule has 0 bridgehead atoms. The van der Waals surface area contributed by atoms with Gasteiger partial charge < -0.3 is 15.2 Å². The largest absolute Gasteiger partial charge is 0.383 e. The van der Waals surface area contributed by atoms with Crippen molar-refractivity contribution in [2.45, 2.75) is 32.5 Å². The van der Waals surface area contributed by atoms with Crippen LogP contribution < -0.4 is 5.73 Å². The maximum atomic E-state index is 6.06. The van der Waals surface area contributed by atoms with Gasteiger partial charge in [-0.3, -0.25) is 4.90 Å². The molecule has 20 heavy (non-hydrogen) atoms. The Morgan fingerprint density at radius 2 is 1.90 bits per heavy atom. The maximum absolute atomic E-state index is 6.06. The molecule has 0 aromatic heterocycles. The van der Waals surface area contributed by atoms with E-state index in [2.05, 4.69) is 36.9 Å². The molecule has 0 saturated heterocycles. The third-order valence-electron chi connectivity index (χ3n) is 3.68. The van der Waals surface area contributed by atoms with E-state index in [4.69, 9.17) is 15.2 Å². The van der Waals surface area contributed by atoms with E-state index in [-0.39, 0.29) is 6.04 Å². The van der Waals surface area contributed by atoms with Crippen molar-refractivity contribution in [3.05, 3.63) is 35.4 Å². The monoisotopic (exact) mass is 280 g/mol. The van der Waals surface area contributed by atoms with Crippen LogP contribution >= 0.6 is 0 Å². The summed E-state index contributed by atoms with van der Waals surface area (Å²) < 4.78 is 10.6. The van der Waals surface area contributed by atoms with Crippen LogP contribution in [-0.4, -0.2) is 44.9 Å². The second-order valence-electron chi connectivity index (χ2n) is 5.02. The number of hydrogen-bond acceptors (Lipinski definition) is 4. The summed E-state index contributed by atoms with van der Waals surface area (Å²) in [5.41, 5.74) is 8.51. The van der Waals surface area contributed by atoms with Crippen LogP contribution in [0.3, 0.4) is 0 Å². The number of nitrogens with two attached hydrogens (primary N) is 1. The first kappa shape index (κ1) is 17.1. The Hall–Kier alpha value is -0.940. The number of methoxy groups -OCH3 is 2. The summed E-state index contributed by atoms with van der Waals surface area (Å²) >= 11 is 0. The fourth-order valence-corrected chi connectivity index (χ4v) is 2.76. The highest BCUT2D eigenvalue weighted by atomic mass is 16.5. The molecule has 4 nitrogen and oxygen atoms in total.